The molecule has 0 aliphatic rings. The number of hydrogen-bond acceptors (Lipinski definition) is 8. The monoisotopic (exact) mass is 578 g/mol. The molecule has 4 rings (SSSR count). The van der Waals surface area contributed by atoms with E-state index in [1.807, 2.05) is 48.5 Å². The van der Waals surface area contributed by atoms with Gasteiger partial charge in [-0.2, -0.15) is 0 Å². The molecule has 0 saturated carbocycles. The number of aromatic hydroxyl groups is 1. The minimum Gasteiger partial charge on any atom is -0.506 e. The van der Waals surface area contributed by atoms with Crippen LogP contribution in [0.15, 0.2) is 102 Å². The Labute approximate surface area is 240 Å². The zero-order valence-electron chi connectivity index (χ0n) is 23.0. The highest BCUT2D eigenvalue weighted by Gasteiger charge is 2.22. The zero-order chi connectivity index (χ0) is 29.4. The summed E-state index contributed by atoms with van der Waals surface area (Å²) >= 11 is 0. The molecule has 0 fully saturated rings. The largest absolute Gasteiger partial charge is 0.506 e. The summed E-state index contributed by atoms with van der Waals surface area (Å²) in [6.07, 6.45) is -1.78. The Morgan fingerprint density at radius 2 is 1.32 bits per heavy atom. The average molecular weight is 579 g/mol. The van der Waals surface area contributed by atoms with Crippen molar-refractivity contribution in [1.29, 1.82) is 0 Å². The van der Waals surface area contributed by atoms with Crippen molar-refractivity contribution in [2.45, 2.75) is 30.1 Å². The van der Waals surface area contributed by atoms with E-state index in [0.717, 1.165) is 22.6 Å². The molecule has 0 aromatic heterocycles. The lowest BCUT2D eigenvalue weighted by atomic mass is 9.91. The number of anilines is 1. The summed E-state index contributed by atoms with van der Waals surface area (Å²) in [4.78, 5) is 0.0531. The molecule has 4 N–H and O–H groups in total. The molecule has 10 heteroatoms. The minimum absolute atomic E-state index is 0.0509. The van der Waals surface area contributed by atoms with Crippen molar-refractivity contribution in [2.75, 3.05) is 25.5 Å². The molecular weight excluding hydrogens is 544 g/mol. The van der Waals surface area contributed by atoms with Crippen molar-refractivity contribution in [3.05, 3.63) is 108 Å². The molecule has 0 bridgehead atoms. The number of phenols is 1. The standard InChI is InChI=1S/C31H34N2O7S/c1-21(34)31(40-26-17-18-30(35)29(19-26)33-41(36,37)27-7-5-4-6-8-27)32-20-28(22-9-13-24(38-2)14-10-22)23-11-15-25(39-3)16-12-23/h4-19,21,28,31-35H,20H2,1-3H3. The van der Waals surface area contributed by atoms with Crippen LogP contribution in [0.5, 0.6) is 23.0 Å². The minimum atomic E-state index is -3.94. The molecule has 0 saturated heterocycles. The Bertz CT molecular complexity index is 1460. The van der Waals surface area contributed by atoms with Crippen LogP contribution in [0.4, 0.5) is 5.69 Å². The van der Waals surface area contributed by atoms with E-state index < -0.39 is 22.4 Å². The Morgan fingerprint density at radius 3 is 1.83 bits per heavy atom. The predicted molar refractivity (Wildman–Crippen MR) is 157 cm³/mol. The third kappa shape index (κ3) is 7.69. The second-order valence-corrected chi connectivity index (χ2v) is 11.1. The fraction of sp³-hybridized carbons (Fsp3) is 0.226. The Kier molecular flexibility index (Phi) is 9.72. The molecule has 41 heavy (non-hydrogen) atoms. The van der Waals surface area contributed by atoms with E-state index in [0.29, 0.717) is 6.54 Å². The molecule has 2 atom stereocenters. The van der Waals surface area contributed by atoms with E-state index in [9.17, 15) is 18.6 Å². The molecule has 0 amide bonds. The normalized spacial score (nSPS) is 12.9. The molecule has 9 nitrogen and oxygen atoms in total. The van der Waals surface area contributed by atoms with Crippen LogP contribution >= 0.6 is 0 Å². The molecule has 0 radical (unpaired) electrons. The third-order valence-electron chi connectivity index (χ3n) is 6.53. The first-order valence-electron chi connectivity index (χ1n) is 13.0. The van der Waals surface area contributed by atoms with Gasteiger partial charge in [0.1, 0.15) is 29.1 Å². The fourth-order valence-corrected chi connectivity index (χ4v) is 5.35. The summed E-state index contributed by atoms with van der Waals surface area (Å²) in [6.45, 7) is 1.99. The lowest BCUT2D eigenvalue weighted by molar-refractivity contribution is 0.0267. The van der Waals surface area contributed by atoms with Gasteiger partial charge in [0.2, 0.25) is 0 Å². The smallest absolute Gasteiger partial charge is 0.262 e. The number of methoxy groups -OCH3 is 2. The zero-order valence-corrected chi connectivity index (χ0v) is 23.8. The van der Waals surface area contributed by atoms with Crippen molar-refractivity contribution in [2.24, 2.45) is 0 Å². The maximum absolute atomic E-state index is 12.8. The highest BCUT2D eigenvalue weighted by Crippen LogP contribution is 2.31. The Morgan fingerprint density at radius 1 is 0.780 bits per heavy atom. The van der Waals surface area contributed by atoms with Crippen LogP contribution in [0.1, 0.15) is 24.0 Å². The van der Waals surface area contributed by atoms with Crippen LogP contribution in [0.25, 0.3) is 0 Å². The third-order valence-corrected chi connectivity index (χ3v) is 7.91. The lowest BCUT2D eigenvalue weighted by Crippen LogP contribution is -2.44. The number of ether oxygens (including phenoxy) is 3. The topological polar surface area (TPSA) is 126 Å². The summed E-state index contributed by atoms with van der Waals surface area (Å²) in [5, 5.41) is 24.2. The van der Waals surface area contributed by atoms with E-state index in [1.54, 1.807) is 39.3 Å². The maximum atomic E-state index is 12.8. The molecular formula is C31H34N2O7S. The molecule has 0 aliphatic carbocycles. The summed E-state index contributed by atoms with van der Waals surface area (Å²) in [5.74, 6) is 1.36. The first-order chi connectivity index (χ1) is 19.7. The average Bonchev–Trinajstić information content (AvgIpc) is 2.99. The summed E-state index contributed by atoms with van der Waals surface area (Å²) < 4.78 is 44.6. The summed E-state index contributed by atoms with van der Waals surface area (Å²) in [5.41, 5.74) is 2.00. The number of hydrogen-bond donors (Lipinski definition) is 4. The van der Waals surface area contributed by atoms with Crippen molar-refractivity contribution in [3.63, 3.8) is 0 Å². The first-order valence-corrected chi connectivity index (χ1v) is 14.5. The van der Waals surface area contributed by atoms with Crippen molar-refractivity contribution in [3.8, 4) is 23.0 Å². The van der Waals surface area contributed by atoms with Gasteiger partial charge < -0.3 is 24.4 Å². The quantitative estimate of drug-likeness (QED) is 0.133. The lowest BCUT2D eigenvalue weighted by Gasteiger charge is -2.27. The van der Waals surface area contributed by atoms with Crippen LogP contribution in [-0.4, -0.2) is 51.7 Å². The molecule has 4 aromatic carbocycles. The predicted octanol–water partition coefficient (Wildman–Crippen LogP) is 4.72. The van der Waals surface area contributed by atoms with E-state index >= 15 is 0 Å². The number of nitrogens with one attached hydrogen (secondary N) is 2. The van der Waals surface area contributed by atoms with Crippen LogP contribution < -0.4 is 24.2 Å². The molecule has 0 aliphatic heterocycles. The van der Waals surface area contributed by atoms with Gasteiger partial charge in [0.15, 0.2) is 6.23 Å². The van der Waals surface area contributed by atoms with Crippen molar-refractivity contribution >= 4 is 15.7 Å². The highest BCUT2D eigenvalue weighted by atomic mass is 32.2. The summed E-state index contributed by atoms with van der Waals surface area (Å²) in [6, 6.07) is 27.5. The highest BCUT2D eigenvalue weighted by molar-refractivity contribution is 7.92. The maximum Gasteiger partial charge on any atom is 0.262 e. The molecule has 2 unspecified atom stereocenters. The first kappa shape index (κ1) is 29.7. The fourth-order valence-electron chi connectivity index (χ4n) is 4.27. The Balaban J connectivity index is 1.54. The van der Waals surface area contributed by atoms with Gasteiger partial charge in [0.25, 0.3) is 10.0 Å². The van der Waals surface area contributed by atoms with Crippen molar-refractivity contribution in [1.82, 2.24) is 5.32 Å². The second-order valence-electron chi connectivity index (χ2n) is 9.38. The van der Waals surface area contributed by atoms with E-state index in [2.05, 4.69) is 10.0 Å². The van der Waals surface area contributed by atoms with E-state index in [-0.39, 0.29) is 28.0 Å². The number of aliphatic hydroxyl groups is 1. The van der Waals surface area contributed by atoms with Gasteiger partial charge in [-0.25, -0.2) is 8.42 Å². The van der Waals surface area contributed by atoms with Crippen LogP contribution in [0.2, 0.25) is 0 Å². The van der Waals surface area contributed by atoms with Crippen LogP contribution in [0, 0.1) is 0 Å². The van der Waals surface area contributed by atoms with Gasteiger partial charge in [-0.05, 0) is 66.6 Å². The van der Waals surface area contributed by atoms with Gasteiger partial charge in [-0.3, -0.25) is 10.0 Å². The molecule has 216 valence electrons. The second kappa shape index (κ2) is 13.4. The van der Waals surface area contributed by atoms with Gasteiger partial charge in [0, 0.05) is 18.5 Å². The van der Waals surface area contributed by atoms with Gasteiger partial charge >= 0.3 is 0 Å². The van der Waals surface area contributed by atoms with Gasteiger partial charge in [-0.1, -0.05) is 42.5 Å². The van der Waals surface area contributed by atoms with E-state index in [4.69, 9.17) is 14.2 Å². The van der Waals surface area contributed by atoms with E-state index in [1.165, 1.54) is 30.3 Å². The molecule has 0 spiro atoms. The van der Waals surface area contributed by atoms with Gasteiger partial charge in [-0.15, -0.1) is 0 Å². The van der Waals surface area contributed by atoms with Crippen LogP contribution in [0.3, 0.4) is 0 Å². The van der Waals surface area contributed by atoms with Crippen molar-refractivity contribution < 1.29 is 32.8 Å². The molecule has 0 heterocycles. The molecule has 4 aromatic rings. The number of benzene rings is 4. The number of rotatable bonds is 13. The SMILES string of the molecule is COc1ccc(C(CNC(Oc2ccc(O)c(NS(=O)(=O)c3ccccc3)c2)C(C)O)c2ccc(OC)cc2)cc1. The van der Waals surface area contributed by atoms with Gasteiger partial charge in [0.05, 0.1) is 24.8 Å². The number of aliphatic hydroxyl groups excluding tert-OH is 1. The number of sulfonamides is 1. The summed E-state index contributed by atoms with van der Waals surface area (Å²) in [7, 11) is -0.710. The number of phenolic OH excluding ortho intramolecular Hbond substituents is 1. The Hall–Kier alpha value is -4.25. The van der Waals surface area contributed by atoms with Crippen LogP contribution in [-0.2, 0) is 10.0 Å².